The molecule has 0 bridgehead atoms. The van der Waals surface area contributed by atoms with Gasteiger partial charge in [-0.15, -0.1) is 0 Å². The molecule has 0 atom stereocenters. The lowest BCUT2D eigenvalue weighted by Gasteiger charge is -2.11. The number of aryl methyl sites for hydroxylation is 3. The van der Waals surface area contributed by atoms with Crippen LogP contribution in [0.4, 0.5) is 0 Å². The fourth-order valence-electron chi connectivity index (χ4n) is 4.39. The number of benzene rings is 1. The Hall–Kier alpha value is -1.51. The molecule has 0 unspecified atom stereocenters. The number of carboxylic acids is 1. The third-order valence-corrected chi connectivity index (χ3v) is 6.71. The molecule has 0 heterocycles. The molecule has 3 heteroatoms. The van der Waals surface area contributed by atoms with Gasteiger partial charge in [0.1, 0.15) is 5.75 Å². The van der Waals surface area contributed by atoms with Crippen LogP contribution in [0.15, 0.2) is 12.1 Å². The van der Waals surface area contributed by atoms with Gasteiger partial charge >= 0.3 is 5.97 Å². The first-order valence-electron chi connectivity index (χ1n) is 14.5. The van der Waals surface area contributed by atoms with E-state index in [4.69, 9.17) is 5.11 Å². The van der Waals surface area contributed by atoms with Gasteiger partial charge in [-0.2, -0.15) is 0 Å². The van der Waals surface area contributed by atoms with E-state index >= 15 is 0 Å². The summed E-state index contributed by atoms with van der Waals surface area (Å²) in [5, 5.41) is 17.9. The number of unbranched alkanes of at least 4 members (excludes halogenated alkanes) is 15. The van der Waals surface area contributed by atoms with Gasteiger partial charge in [0.05, 0.1) is 0 Å². The average Bonchev–Trinajstić information content (AvgIpc) is 2.84. The number of phenolic OH excluding ortho intramolecular Hbond substituents is 1. The van der Waals surface area contributed by atoms with Gasteiger partial charge in [0.15, 0.2) is 0 Å². The SMILES string of the molecule is CCC(=O)O.CCCCCCCCCCCCCCCCCCc1cc(CC)c(O)c(CC)c1. The third kappa shape index (κ3) is 17.9. The molecule has 1 aromatic carbocycles. The van der Waals surface area contributed by atoms with Crippen LogP contribution in [-0.2, 0) is 24.1 Å². The highest BCUT2D eigenvalue weighted by Crippen LogP contribution is 2.26. The number of carbonyl (C=O) groups is 1. The number of rotatable bonds is 20. The second-order valence-corrected chi connectivity index (χ2v) is 9.77. The monoisotopic (exact) mass is 476 g/mol. The number of aromatic hydroxyl groups is 1. The van der Waals surface area contributed by atoms with Crippen LogP contribution in [0, 0.1) is 0 Å². The second-order valence-electron chi connectivity index (χ2n) is 9.77. The minimum Gasteiger partial charge on any atom is -0.507 e. The molecule has 1 rings (SSSR count). The van der Waals surface area contributed by atoms with Crippen LogP contribution in [0.1, 0.15) is 154 Å². The lowest BCUT2D eigenvalue weighted by atomic mass is 9.97. The Morgan fingerprint density at radius 3 is 1.24 bits per heavy atom. The van der Waals surface area contributed by atoms with Crippen molar-refractivity contribution in [2.45, 2.75) is 156 Å². The second kappa shape index (κ2) is 23.2. The van der Waals surface area contributed by atoms with E-state index in [0.717, 1.165) is 24.0 Å². The minimum atomic E-state index is -0.745. The van der Waals surface area contributed by atoms with Gasteiger partial charge in [0.2, 0.25) is 0 Å². The van der Waals surface area contributed by atoms with Crippen molar-refractivity contribution in [3.8, 4) is 5.75 Å². The Labute approximate surface area is 211 Å². The van der Waals surface area contributed by atoms with Crippen molar-refractivity contribution in [3.05, 3.63) is 28.8 Å². The predicted molar refractivity (Wildman–Crippen MR) is 148 cm³/mol. The highest BCUT2D eigenvalue weighted by atomic mass is 16.4. The summed E-state index contributed by atoms with van der Waals surface area (Å²) >= 11 is 0. The number of aliphatic carboxylic acids is 1. The third-order valence-electron chi connectivity index (χ3n) is 6.71. The summed E-state index contributed by atoms with van der Waals surface area (Å²) in [4.78, 5) is 9.37. The first-order valence-corrected chi connectivity index (χ1v) is 14.5. The average molecular weight is 477 g/mol. The molecule has 34 heavy (non-hydrogen) atoms. The highest BCUT2D eigenvalue weighted by molar-refractivity contribution is 5.66. The van der Waals surface area contributed by atoms with E-state index in [2.05, 4.69) is 32.9 Å². The molecule has 0 radical (unpaired) electrons. The molecule has 0 fully saturated rings. The summed E-state index contributed by atoms with van der Waals surface area (Å²) in [6.07, 6.45) is 26.0. The molecule has 0 aliphatic rings. The normalized spacial score (nSPS) is 10.7. The maximum Gasteiger partial charge on any atom is 0.303 e. The fraction of sp³-hybridized carbons (Fsp3) is 0.774. The molecular weight excluding hydrogens is 420 g/mol. The summed E-state index contributed by atoms with van der Waals surface area (Å²) in [5.41, 5.74) is 3.66. The van der Waals surface area contributed by atoms with Crippen LogP contribution >= 0.6 is 0 Å². The lowest BCUT2D eigenvalue weighted by Crippen LogP contribution is -1.94. The summed E-state index contributed by atoms with van der Waals surface area (Å²) in [6.45, 7) is 8.16. The molecule has 2 N–H and O–H groups in total. The Morgan fingerprint density at radius 1 is 0.618 bits per heavy atom. The Morgan fingerprint density at radius 2 is 0.941 bits per heavy atom. The van der Waals surface area contributed by atoms with Gasteiger partial charge in [-0.3, -0.25) is 4.79 Å². The Balaban J connectivity index is 0.00000196. The van der Waals surface area contributed by atoms with Crippen molar-refractivity contribution in [2.75, 3.05) is 0 Å². The highest BCUT2D eigenvalue weighted by Gasteiger charge is 2.07. The van der Waals surface area contributed by atoms with E-state index in [1.807, 2.05) is 0 Å². The quantitative estimate of drug-likeness (QED) is 0.184. The van der Waals surface area contributed by atoms with Gasteiger partial charge in [0.25, 0.3) is 0 Å². The topological polar surface area (TPSA) is 57.5 Å². The smallest absolute Gasteiger partial charge is 0.303 e. The van der Waals surface area contributed by atoms with Crippen LogP contribution in [0.2, 0.25) is 0 Å². The zero-order chi connectivity index (χ0) is 25.4. The van der Waals surface area contributed by atoms with Gasteiger partial charge in [-0.1, -0.05) is 136 Å². The first-order chi connectivity index (χ1) is 16.5. The maximum atomic E-state index is 10.2. The van der Waals surface area contributed by atoms with Crippen molar-refractivity contribution in [3.63, 3.8) is 0 Å². The van der Waals surface area contributed by atoms with Gasteiger partial charge in [0, 0.05) is 6.42 Å². The Bertz CT molecular complexity index is 584. The molecule has 0 amide bonds. The molecule has 0 spiro atoms. The van der Waals surface area contributed by atoms with Crippen LogP contribution in [0.3, 0.4) is 0 Å². The van der Waals surface area contributed by atoms with Crippen molar-refractivity contribution in [1.82, 2.24) is 0 Å². The first kappa shape index (κ1) is 32.5. The molecule has 198 valence electrons. The van der Waals surface area contributed by atoms with Crippen LogP contribution in [0.25, 0.3) is 0 Å². The molecule has 0 saturated carbocycles. The molecule has 0 aliphatic carbocycles. The molecule has 0 aliphatic heterocycles. The van der Waals surface area contributed by atoms with Crippen molar-refractivity contribution in [2.24, 2.45) is 0 Å². The summed E-state index contributed by atoms with van der Waals surface area (Å²) in [6, 6.07) is 4.44. The number of carboxylic acid groups (broad SMARTS) is 1. The lowest BCUT2D eigenvalue weighted by molar-refractivity contribution is -0.136. The standard InChI is InChI=1S/C28H50O.C3H6O2/c1-4-7-8-9-10-11-12-13-14-15-16-17-18-19-20-21-22-25-23-26(5-2)28(29)27(6-3)24-25;1-2-3(4)5/h23-24,29H,4-22H2,1-3H3;2H2,1H3,(H,4,5). The van der Waals surface area contributed by atoms with Crippen LogP contribution in [0.5, 0.6) is 5.75 Å². The molecule has 3 nitrogen and oxygen atoms in total. The van der Waals surface area contributed by atoms with Gasteiger partial charge in [-0.25, -0.2) is 0 Å². The van der Waals surface area contributed by atoms with Gasteiger partial charge < -0.3 is 10.2 Å². The predicted octanol–water partition coefficient (Wildman–Crippen LogP) is 9.80. The van der Waals surface area contributed by atoms with E-state index in [1.165, 1.54) is 115 Å². The van der Waals surface area contributed by atoms with Crippen LogP contribution < -0.4 is 0 Å². The number of phenols is 1. The van der Waals surface area contributed by atoms with Crippen molar-refractivity contribution >= 4 is 5.97 Å². The largest absolute Gasteiger partial charge is 0.507 e. The summed E-state index contributed by atoms with van der Waals surface area (Å²) in [7, 11) is 0. The van der Waals surface area contributed by atoms with E-state index < -0.39 is 5.97 Å². The maximum absolute atomic E-state index is 10.2. The number of hydrogen-bond donors (Lipinski definition) is 2. The minimum absolute atomic E-state index is 0.222. The van der Waals surface area contributed by atoms with E-state index in [1.54, 1.807) is 6.92 Å². The Kier molecular flexibility index (Phi) is 22.2. The van der Waals surface area contributed by atoms with Gasteiger partial charge in [-0.05, 0) is 42.4 Å². The molecule has 0 saturated heterocycles. The van der Waals surface area contributed by atoms with Crippen molar-refractivity contribution < 1.29 is 15.0 Å². The number of hydrogen-bond acceptors (Lipinski definition) is 2. The molecular formula is C31H56O3. The fourth-order valence-corrected chi connectivity index (χ4v) is 4.39. The zero-order valence-electron chi connectivity index (χ0n) is 23.1. The summed E-state index contributed by atoms with van der Waals surface area (Å²) in [5.74, 6) is -0.212. The summed E-state index contributed by atoms with van der Waals surface area (Å²) < 4.78 is 0. The van der Waals surface area contributed by atoms with Crippen molar-refractivity contribution in [1.29, 1.82) is 0 Å². The zero-order valence-corrected chi connectivity index (χ0v) is 23.1. The van der Waals surface area contributed by atoms with Crippen LogP contribution in [-0.4, -0.2) is 16.2 Å². The molecule has 1 aromatic rings. The van der Waals surface area contributed by atoms with E-state index in [9.17, 15) is 9.90 Å². The van der Waals surface area contributed by atoms with E-state index in [0.29, 0.717) is 5.75 Å². The van der Waals surface area contributed by atoms with E-state index in [-0.39, 0.29) is 6.42 Å². The molecule has 0 aromatic heterocycles.